The summed E-state index contributed by atoms with van der Waals surface area (Å²) in [4.78, 5) is 13.9. The second kappa shape index (κ2) is 5.73. The average molecular weight is 321 g/mol. The highest BCUT2D eigenvalue weighted by molar-refractivity contribution is 7.91. The molecule has 0 amide bonds. The van der Waals surface area contributed by atoms with Crippen LogP contribution in [0.4, 0.5) is 0 Å². The van der Waals surface area contributed by atoms with Crippen molar-refractivity contribution < 1.29 is 13.2 Å². The van der Waals surface area contributed by atoms with Crippen molar-refractivity contribution in [2.24, 2.45) is 4.99 Å². The Morgan fingerprint density at radius 2 is 2.26 bits per heavy atom. The zero-order valence-electron chi connectivity index (χ0n) is 10.2. The lowest BCUT2D eigenvalue weighted by Gasteiger charge is -2.34. The molecule has 1 aromatic rings. The molecule has 1 aliphatic rings. The van der Waals surface area contributed by atoms with Crippen LogP contribution in [0.25, 0.3) is 0 Å². The van der Waals surface area contributed by atoms with Crippen molar-refractivity contribution in [3.05, 3.63) is 16.5 Å². The first-order valence-corrected chi connectivity index (χ1v) is 8.42. The molecule has 0 aliphatic carbocycles. The number of sulfonamides is 1. The van der Waals surface area contributed by atoms with Crippen LogP contribution in [0.5, 0.6) is 0 Å². The van der Waals surface area contributed by atoms with E-state index in [0.29, 0.717) is 23.7 Å². The molecule has 8 heteroatoms. The van der Waals surface area contributed by atoms with Crippen LogP contribution in [-0.2, 0) is 14.8 Å². The molecular weight excluding hydrogens is 308 g/mol. The quantitative estimate of drug-likeness (QED) is 0.634. The van der Waals surface area contributed by atoms with Crippen LogP contribution in [0, 0.1) is 0 Å². The SMILES string of the molecule is CC1CC(N=C=O)CCN1S(=O)(=O)c1ccc(Cl)s1. The summed E-state index contributed by atoms with van der Waals surface area (Å²) in [5.41, 5.74) is 0. The van der Waals surface area contributed by atoms with Gasteiger partial charge < -0.3 is 0 Å². The Balaban J connectivity index is 2.21. The topological polar surface area (TPSA) is 66.8 Å². The normalized spacial score (nSPS) is 24.9. The Morgan fingerprint density at radius 1 is 1.53 bits per heavy atom. The molecule has 0 spiro atoms. The highest BCUT2D eigenvalue weighted by Gasteiger charge is 2.35. The van der Waals surface area contributed by atoms with Gasteiger partial charge in [0.1, 0.15) is 4.21 Å². The number of rotatable bonds is 3. The van der Waals surface area contributed by atoms with Crippen LogP contribution in [0.1, 0.15) is 19.8 Å². The molecule has 0 bridgehead atoms. The van der Waals surface area contributed by atoms with Gasteiger partial charge in [-0.15, -0.1) is 11.3 Å². The standard InChI is InChI=1S/C11H13ClN2O3S2/c1-8-6-9(13-7-15)4-5-14(8)19(16,17)11-3-2-10(12)18-11/h2-3,8-9H,4-6H2,1H3. The number of carbonyl (C=O) groups excluding carboxylic acids is 1. The monoisotopic (exact) mass is 320 g/mol. The van der Waals surface area contributed by atoms with Gasteiger partial charge in [-0.3, -0.25) is 0 Å². The van der Waals surface area contributed by atoms with Crippen LogP contribution in [0.15, 0.2) is 21.3 Å². The van der Waals surface area contributed by atoms with Gasteiger partial charge in [0.15, 0.2) is 0 Å². The molecule has 0 aromatic carbocycles. The van der Waals surface area contributed by atoms with Crippen molar-refractivity contribution in [3.63, 3.8) is 0 Å². The largest absolute Gasteiger partial charge is 0.252 e. The molecule has 1 fully saturated rings. The minimum absolute atomic E-state index is 0.133. The Hall–Kier alpha value is -0.720. The maximum atomic E-state index is 12.4. The highest BCUT2D eigenvalue weighted by Crippen LogP contribution is 2.32. The number of halogens is 1. The third-order valence-electron chi connectivity index (χ3n) is 3.13. The van der Waals surface area contributed by atoms with Crippen molar-refractivity contribution in [1.82, 2.24) is 4.31 Å². The molecular formula is C11H13ClN2O3S2. The van der Waals surface area contributed by atoms with Crippen LogP contribution in [-0.4, -0.2) is 37.4 Å². The number of isocyanates is 1. The maximum Gasteiger partial charge on any atom is 0.252 e. The summed E-state index contributed by atoms with van der Waals surface area (Å²) >= 11 is 6.84. The number of piperidine rings is 1. The molecule has 1 saturated heterocycles. The van der Waals surface area contributed by atoms with Gasteiger partial charge >= 0.3 is 0 Å². The van der Waals surface area contributed by atoms with E-state index in [4.69, 9.17) is 11.6 Å². The van der Waals surface area contributed by atoms with Crippen LogP contribution >= 0.6 is 22.9 Å². The average Bonchev–Trinajstić information content (AvgIpc) is 2.77. The molecule has 2 atom stereocenters. The number of aliphatic imine (C=N–C) groups is 1. The summed E-state index contributed by atoms with van der Waals surface area (Å²) in [6.45, 7) is 2.17. The maximum absolute atomic E-state index is 12.4. The van der Waals surface area contributed by atoms with E-state index in [1.807, 2.05) is 6.92 Å². The van der Waals surface area contributed by atoms with E-state index in [2.05, 4.69) is 4.99 Å². The van der Waals surface area contributed by atoms with E-state index in [1.165, 1.54) is 16.5 Å². The zero-order valence-corrected chi connectivity index (χ0v) is 12.6. The molecule has 19 heavy (non-hydrogen) atoms. The van der Waals surface area contributed by atoms with Gasteiger partial charge in [0, 0.05) is 12.6 Å². The second-order valence-electron chi connectivity index (χ2n) is 4.42. The summed E-state index contributed by atoms with van der Waals surface area (Å²) in [5, 5.41) is 0. The first-order valence-electron chi connectivity index (χ1n) is 5.79. The van der Waals surface area contributed by atoms with Crippen molar-refractivity contribution in [1.29, 1.82) is 0 Å². The lowest BCUT2D eigenvalue weighted by molar-refractivity contribution is 0.248. The molecule has 0 radical (unpaired) electrons. The molecule has 5 nitrogen and oxygen atoms in total. The lowest BCUT2D eigenvalue weighted by atomic mass is 10.0. The van der Waals surface area contributed by atoms with E-state index in [1.54, 1.807) is 6.07 Å². The smallest absolute Gasteiger partial charge is 0.211 e. The summed E-state index contributed by atoms with van der Waals surface area (Å²) < 4.78 is 27.0. The van der Waals surface area contributed by atoms with E-state index in [0.717, 1.165) is 11.3 Å². The van der Waals surface area contributed by atoms with Gasteiger partial charge in [0.05, 0.1) is 10.4 Å². The predicted octanol–water partition coefficient (Wildman–Crippen LogP) is 2.28. The van der Waals surface area contributed by atoms with Gasteiger partial charge in [-0.1, -0.05) is 11.6 Å². The first-order chi connectivity index (χ1) is 8.95. The molecule has 1 aliphatic heterocycles. The van der Waals surface area contributed by atoms with E-state index in [-0.39, 0.29) is 16.3 Å². The van der Waals surface area contributed by atoms with Crippen molar-refractivity contribution >= 4 is 39.0 Å². The van der Waals surface area contributed by atoms with Crippen LogP contribution in [0.2, 0.25) is 4.34 Å². The predicted molar refractivity (Wildman–Crippen MR) is 73.8 cm³/mol. The van der Waals surface area contributed by atoms with Gasteiger partial charge in [-0.05, 0) is 31.9 Å². The van der Waals surface area contributed by atoms with E-state index < -0.39 is 10.0 Å². The molecule has 2 rings (SSSR count). The number of thiophene rings is 1. The minimum Gasteiger partial charge on any atom is -0.211 e. The Kier molecular flexibility index (Phi) is 4.43. The zero-order chi connectivity index (χ0) is 14.0. The fraction of sp³-hybridized carbons (Fsp3) is 0.545. The van der Waals surface area contributed by atoms with Crippen LogP contribution < -0.4 is 0 Å². The van der Waals surface area contributed by atoms with Crippen LogP contribution in [0.3, 0.4) is 0 Å². The van der Waals surface area contributed by atoms with Crippen molar-refractivity contribution in [2.75, 3.05) is 6.54 Å². The molecule has 104 valence electrons. The van der Waals surface area contributed by atoms with E-state index in [9.17, 15) is 13.2 Å². The minimum atomic E-state index is -3.50. The van der Waals surface area contributed by atoms with Gasteiger partial charge in [0.2, 0.25) is 6.08 Å². The summed E-state index contributed by atoms with van der Waals surface area (Å²) in [6.07, 6.45) is 2.61. The molecule has 1 aromatic heterocycles. The van der Waals surface area contributed by atoms with Gasteiger partial charge in [0.25, 0.3) is 10.0 Å². The van der Waals surface area contributed by atoms with Crippen molar-refractivity contribution in [2.45, 2.75) is 36.1 Å². The van der Waals surface area contributed by atoms with Gasteiger partial charge in [-0.25, -0.2) is 18.2 Å². The third kappa shape index (κ3) is 3.07. The first kappa shape index (κ1) is 14.7. The molecule has 0 saturated carbocycles. The lowest BCUT2D eigenvalue weighted by Crippen LogP contribution is -2.45. The van der Waals surface area contributed by atoms with Gasteiger partial charge in [-0.2, -0.15) is 4.31 Å². The fourth-order valence-corrected chi connectivity index (χ4v) is 5.50. The van der Waals surface area contributed by atoms with Crippen molar-refractivity contribution in [3.8, 4) is 0 Å². The van der Waals surface area contributed by atoms with E-state index >= 15 is 0 Å². The second-order valence-corrected chi connectivity index (χ2v) is 8.25. The Labute approximate surface area is 121 Å². The number of hydrogen-bond donors (Lipinski definition) is 0. The highest BCUT2D eigenvalue weighted by atomic mass is 35.5. The molecule has 0 N–H and O–H groups in total. The molecule has 2 unspecified atom stereocenters. The summed E-state index contributed by atoms with van der Waals surface area (Å²) in [6, 6.07) is 2.77. The summed E-state index contributed by atoms with van der Waals surface area (Å²) in [7, 11) is -3.50. The molecule has 2 heterocycles. The Bertz CT molecular complexity index is 607. The fourth-order valence-electron chi connectivity index (χ4n) is 2.23. The third-order valence-corrected chi connectivity index (χ3v) is 6.85. The number of hydrogen-bond acceptors (Lipinski definition) is 5. The summed E-state index contributed by atoms with van der Waals surface area (Å²) in [5.74, 6) is 0. The Morgan fingerprint density at radius 3 is 2.79 bits per heavy atom. The number of nitrogens with zero attached hydrogens (tertiary/aromatic N) is 2.